The molecule has 0 aromatic heterocycles. The third-order valence-electron chi connectivity index (χ3n) is 3.53. The highest BCUT2D eigenvalue weighted by atomic mass is 16.5. The zero-order valence-corrected chi connectivity index (χ0v) is 11.2. The van der Waals surface area contributed by atoms with Gasteiger partial charge in [-0.05, 0) is 52.4 Å². The van der Waals surface area contributed by atoms with Crippen molar-refractivity contribution in [1.29, 1.82) is 0 Å². The first-order valence-electron chi connectivity index (χ1n) is 6.59. The van der Waals surface area contributed by atoms with Gasteiger partial charge >= 0.3 is 0 Å². The first kappa shape index (κ1) is 13.7. The van der Waals surface area contributed by atoms with Gasteiger partial charge < -0.3 is 4.74 Å². The second kappa shape index (κ2) is 5.81. The predicted octanol–water partition coefficient (Wildman–Crippen LogP) is 3.59. The van der Waals surface area contributed by atoms with E-state index in [1.165, 1.54) is 19.3 Å². The lowest BCUT2D eigenvalue weighted by molar-refractivity contribution is -0.133. The Bertz CT molecular complexity index is 219. The Balaban J connectivity index is 2.28. The molecule has 2 nitrogen and oxygen atoms in total. The molecule has 0 atom stereocenters. The molecular formula is C14H26O2. The highest BCUT2D eigenvalue weighted by Crippen LogP contribution is 2.31. The molecule has 1 aliphatic rings. The zero-order chi connectivity index (χ0) is 12.2. The van der Waals surface area contributed by atoms with Crippen molar-refractivity contribution in [2.75, 3.05) is 6.61 Å². The maximum absolute atomic E-state index is 11.9. The van der Waals surface area contributed by atoms with E-state index in [2.05, 4.69) is 6.92 Å². The summed E-state index contributed by atoms with van der Waals surface area (Å²) in [5, 5.41) is 0. The van der Waals surface area contributed by atoms with Crippen molar-refractivity contribution < 1.29 is 9.53 Å². The summed E-state index contributed by atoms with van der Waals surface area (Å²) in [7, 11) is 0. The maximum atomic E-state index is 11.9. The van der Waals surface area contributed by atoms with Crippen molar-refractivity contribution in [2.45, 2.75) is 65.4 Å². The smallest absolute Gasteiger partial charge is 0.161 e. The van der Waals surface area contributed by atoms with Crippen LogP contribution < -0.4 is 0 Å². The van der Waals surface area contributed by atoms with Crippen LogP contribution in [0.25, 0.3) is 0 Å². The third kappa shape index (κ3) is 4.65. The van der Waals surface area contributed by atoms with Gasteiger partial charge in [0.15, 0.2) is 5.78 Å². The summed E-state index contributed by atoms with van der Waals surface area (Å²) in [6.07, 6.45) is 5.86. The number of carbonyl (C=O) groups is 1. The van der Waals surface area contributed by atoms with Gasteiger partial charge in [-0.1, -0.05) is 13.3 Å². The summed E-state index contributed by atoms with van der Waals surface area (Å²) >= 11 is 0. The minimum absolute atomic E-state index is 0.198. The molecule has 94 valence electrons. The third-order valence-corrected chi connectivity index (χ3v) is 3.53. The largest absolute Gasteiger partial charge is 0.368 e. The van der Waals surface area contributed by atoms with Crippen molar-refractivity contribution in [3.63, 3.8) is 0 Å². The molecule has 1 rings (SSSR count). The zero-order valence-electron chi connectivity index (χ0n) is 11.2. The number of rotatable bonds is 4. The van der Waals surface area contributed by atoms with Crippen LogP contribution in [0.4, 0.5) is 0 Å². The van der Waals surface area contributed by atoms with E-state index >= 15 is 0 Å². The Morgan fingerprint density at radius 3 is 2.19 bits per heavy atom. The average Bonchev–Trinajstić information content (AvgIpc) is 2.25. The molecule has 1 saturated carbocycles. The Kier molecular flexibility index (Phi) is 4.97. The van der Waals surface area contributed by atoms with Gasteiger partial charge in [-0.3, -0.25) is 4.79 Å². The standard InChI is InChI=1S/C14H26O2/c1-5-11-6-8-12(9-7-11)13(15)10-16-14(2,3)4/h11-12H,5-10H2,1-4H3. The molecule has 1 fully saturated rings. The van der Waals surface area contributed by atoms with Gasteiger partial charge in [-0.15, -0.1) is 0 Å². The molecule has 2 heteroatoms. The van der Waals surface area contributed by atoms with Crippen LogP contribution in [0.5, 0.6) is 0 Å². The second-order valence-electron chi connectivity index (χ2n) is 5.99. The normalized spacial score (nSPS) is 26.8. The van der Waals surface area contributed by atoms with Crippen LogP contribution in [0.15, 0.2) is 0 Å². The fraction of sp³-hybridized carbons (Fsp3) is 0.929. The molecular weight excluding hydrogens is 200 g/mol. The van der Waals surface area contributed by atoms with Gasteiger partial charge in [0.05, 0.1) is 5.60 Å². The summed E-state index contributed by atoms with van der Waals surface area (Å²) in [5.41, 5.74) is -0.198. The van der Waals surface area contributed by atoms with E-state index in [-0.39, 0.29) is 11.5 Å². The average molecular weight is 226 g/mol. The molecule has 0 spiro atoms. The summed E-state index contributed by atoms with van der Waals surface area (Å²) < 4.78 is 5.55. The molecule has 0 heterocycles. The van der Waals surface area contributed by atoms with E-state index in [0.717, 1.165) is 18.8 Å². The Labute approximate surface area is 99.8 Å². The minimum atomic E-state index is -0.198. The van der Waals surface area contributed by atoms with E-state index < -0.39 is 0 Å². The number of carbonyl (C=O) groups excluding carboxylic acids is 1. The molecule has 0 radical (unpaired) electrons. The molecule has 0 N–H and O–H groups in total. The quantitative estimate of drug-likeness (QED) is 0.732. The first-order valence-corrected chi connectivity index (χ1v) is 6.59. The van der Waals surface area contributed by atoms with Gasteiger partial charge in [-0.25, -0.2) is 0 Å². The topological polar surface area (TPSA) is 26.3 Å². The highest BCUT2D eigenvalue weighted by Gasteiger charge is 2.26. The molecule has 0 aliphatic heterocycles. The fourth-order valence-corrected chi connectivity index (χ4v) is 2.30. The minimum Gasteiger partial charge on any atom is -0.368 e. The van der Waals surface area contributed by atoms with Crippen LogP contribution in [-0.4, -0.2) is 18.0 Å². The Morgan fingerprint density at radius 2 is 1.75 bits per heavy atom. The lowest BCUT2D eigenvalue weighted by Gasteiger charge is -2.28. The first-order chi connectivity index (χ1) is 7.42. The number of hydrogen-bond donors (Lipinski definition) is 0. The lowest BCUT2D eigenvalue weighted by atomic mass is 9.79. The molecule has 0 aromatic rings. The Hall–Kier alpha value is -0.370. The van der Waals surface area contributed by atoms with E-state index in [0.29, 0.717) is 12.4 Å². The monoisotopic (exact) mass is 226 g/mol. The molecule has 1 aliphatic carbocycles. The Morgan fingerprint density at radius 1 is 1.19 bits per heavy atom. The number of ether oxygens (including phenoxy) is 1. The van der Waals surface area contributed by atoms with Gasteiger partial charge in [0.1, 0.15) is 6.61 Å². The van der Waals surface area contributed by atoms with Crippen molar-refractivity contribution in [1.82, 2.24) is 0 Å². The van der Waals surface area contributed by atoms with Crippen LogP contribution >= 0.6 is 0 Å². The van der Waals surface area contributed by atoms with Crippen molar-refractivity contribution >= 4 is 5.78 Å². The lowest BCUT2D eigenvalue weighted by Crippen LogP contribution is -2.29. The van der Waals surface area contributed by atoms with Crippen LogP contribution in [0, 0.1) is 11.8 Å². The molecule has 0 unspecified atom stereocenters. The van der Waals surface area contributed by atoms with E-state index in [1.807, 2.05) is 20.8 Å². The number of hydrogen-bond acceptors (Lipinski definition) is 2. The van der Waals surface area contributed by atoms with Crippen molar-refractivity contribution in [2.24, 2.45) is 11.8 Å². The predicted molar refractivity (Wildman–Crippen MR) is 66.5 cm³/mol. The summed E-state index contributed by atoms with van der Waals surface area (Å²) in [5.74, 6) is 1.43. The van der Waals surface area contributed by atoms with Gasteiger partial charge in [-0.2, -0.15) is 0 Å². The van der Waals surface area contributed by atoms with Crippen LogP contribution in [0.3, 0.4) is 0 Å². The molecule has 16 heavy (non-hydrogen) atoms. The van der Waals surface area contributed by atoms with Crippen molar-refractivity contribution in [3.8, 4) is 0 Å². The van der Waals surface area contributed by atoms with Crippen LogP contribution in [0.1, 0.15) is 59.8 Å². The van der Waals surface area contributed by atoms with Gasteiger partial charge in [0.2, 0.25) is 0 Å². The second-order valence-corrected chi connectivity index (χ2v) is 5.99. The summed E-state index contributed by atoms with van der Waals surface area (Å²) in [6, 6.07) is 0. The van der Waals surface area contributed by atoms with E-state index in [4.69, 9.17) is 4.74 Å². The number of Topliss-reactive ketones (excluding diaryl/α,β-unsaturated/α-hetero) is 1. The SMILES string of the molecule is CCC1CCC(C(=O)COC(C)(C)C)CC1. The molecule has 0 aromatic carbocycles. The highest BCUT2D eigenvalue weighted by molar-refractivity contribution is 5.82. The summed E-state index contributed by atoms with van der Waals surface area (Å²) in [4.78, 5) is 11.9. The molecule has 0 amide bonds. The van der Waals surface area contributed by atoms with Gasteiger partial charge in [0, 0.05) is 5.92 Å². The van der Waals surface area contributed by atoms with E-state index in [9.17, 15) is 4.79 Å². The maximum Gasteiger partial charge on any atom is 0.161 e. The van der Waals surface area contributed by atoms with E-state index in [1.54, 1.807) is 0 Å². The van der Waals surface area contributed by atoms with Crippen LogP contribution in [-0.2, 0) is 9.53 Å². The van der Waals surface area contributed by atoms with Gasteiger partial charge in [0.25, 0.3) is 0 Å². The fourth-order valence-electron chi connectivity index (χ4n) is 2.30. The van der Waals surface area contributed by atoms with Crippen molar-refractivity contribution in [3.05, 3.63) is 0 Å². The van der Waals surface area contributed by atoms with Crippen LogP contribution in [0.2, 0.25) is 0 Å². The summed E-state index contributed by atoms with van der Waals surface area (Å²) in [6.45, 7) is 8.53. The number of ketones is 1. The molecule has 0 saturated heterocycles. The molecule has 0 bridgehead atoms.